The first-order valence-electron chi connectivity index (χ1n) is 4.88. The largest absolute Gasteiger partial charge is 0.325 e. The molecule has 1 aromatic heterocycles. The molecule has 2 aromatic rings. The Morgan fingerprint density at radius 1 is 1.33 bits per heavy atom. The number of nitrogens with zero attached hydrogens (tertiary/aromatic N) is 1. The quantitative estimate of drug-likeness (QED) is 0.888. The Morgan fingerprint density at radius 2 is 2.11 bits per heavy atom. The smallest absolute Gasteiger partial charge is 0.275 e. The van der Waals surface area contributed by atoms with Gasteiger partial charge in [0, 0.05) is 6.20 Å². The summed E-state index contributed by atoms with van der Waals surface area (Å²) in [5.74, 6) is -0.490. The number of halogens is 2. The second-order valence-electron chi connectivity index (χ2n) is 3.35. The molecular formula is C11H7Cl2N3O2. The summed E-state index contributed by atoms with van der Waals surface area (Å²) in [6.45, 7) is 0. The molecule has 0 aliphatic heterocycles. The van der Waals surface area contributed by atoms with Crippen LogP contribution in [0.5, 0.6) is 0 Å². The minimum absolute atomic E-state index is 0.0747. The minimum Gasteiger partial charge on any atom is -0.325 e. The van der Waals surface area contributed by atoms with Crippen molar-refractivity contribution in [2.24, 2.45) is 0 Å². The van der Waals surface area contributed by atoms with Crippen molar-refractivity contribution in [1.82, 2.24) is 9.97 Å². The van der Waals surface area contributed by atoms with Gasteiger partial charge in [-0.1, -0.05) is 29.3 Å². The molecular weight excluding hydrogens is 277 g/mol. The number of H-pyrrole nitrogens is 1. The van der Waals surface area contributed by atoms with Crippen LogP contribution in [0, 0.1) is 0 Å². The topological polar surface area (TPSA) is 74.8 Å². The van der Waals surface area contributed by atoms with E-state index in [1.165, 1.54) is 6.20 Å². The van der Waals surface area contributed by atoms with Crippen LogP contribution in [0.1, 0.15) is 10.5 Å². The second-order valence-corrected chi connectivity index (χ2v) is 4.14. The fraction of sp³-hybridized carbons (Fsp3) is 0. The number of carbonyl (C=O) groups is 1. The molecule has 18 heavy (non-hydrogen) atoms. The first kappa shape index (κ1) is 12.6. The molecule has 2 N–H and O–H groups in total. The summed E-state index contributed by atoms with van der Waals surface area (Å²) >= 11 is 11.7. The molecule has 92 valence electrons. The van der Waals surface area contributed by atoms with Gasteiger partial charge in [0.05, 0.1) is 21.9 Å². The van der Waals surface area contributed by atoms with Crippen LogP contribution < -0.4 is 10.9 Å². The Bertz CT molecular complexity index is 634. The van der Waals surface area contributed by atoms with Crippen LogP contribution in [0.4, 0.5) is 5.69 Å². The number of anilines is 1. The van der Waals surface area contributed by atoms with Crippen LogP contribution in [0.3, 0.4) is 0 Å². The molecule has 5 nitrogen and oxygen atoms in total. The maximum absolute atomic E-state index is 11.8. The Balaban J connectivity index is 2.24. The summed E-state index contributed by atoms with van der Waals surface area (Å²) in [5, 5.41) is 3.13. The highest BCUT2D eigenvalue weighted by atomic mass is 35.5. The lowest BCUT2D eigenvalue weighted by atomic mass is 10.3. The Morgan fingerprint density at radius 3 is 2.78 bits per heavy atom. The van der Waals surface area contributed by atoms with E-state index >= 15 is 0 Å². The molecule has 0 aliphatic rings. The van der Waals surface area contributed by atoms with E-state index in [1.807, 2.05) is 0 Å². The molecule has 1 heterocycles. The van der Waals surface area contributed by atoms with Gasteiger partial charge in [-0.25, -0.2) is 4.98 Å². The van der Waals surface area contributed by atoms with Gasteiger partial charge in [-0.05, 0) is 12.1 Å². The van der Waals surface area contributed by atoms with Crippen LogP contribution in [0.25, 0.3) is 0 Å². The lowest BCUT2D eigenvalue weighted by Crippen LogP contribution is -2.17. The number of benzene rings is 1. The van der Waals surface area contributed by atoms with E-state index in [0.29, 0.717) is 10.7 Å². The van der Waals surface area contributed by atoms with E-state index in [2.05, 4.69) is 15.3 Å². The Labute approximate surface area is 112 Å². The highest BCUT2D eigenvalue weighted by Crippen LogP contribution is 2.29. The maximum atomic E-state index is 11.8. The number of amides is 1. The number of rotatable bonds is 2. The monoisotopic (exact) mass is 283 g/mol. The summed E-state index contributed by atoms with van der Waals surface area (Å²) in [6, 6.07) is 4.87. The van der Waals surface area contributed by atoms with Crippen LogP contribution >= 0.6 is 23.2 Å². The Hall–Kier alpha value is -1.85. The van der Waals surface area contributed by atoms with Crippen molar-refractivity contribution in [1.29, 1.82) is 0 Å². The van der Waals surface area contributed by atoms with Crippen molar-refractivity contribution in [2.45, 2.75) is 0 Å². The van der Waals surface area contributed by atoms with Crippen molar-refractivity contribution in [3.05, 3.63) is 56.7 Å². The van der Waals surface area contributed by atoms with Gasteiger partial charge in [0.2, 0.25) is 0 Å². The number of nitrogens with one attached hydrogen (secondary N) is 2. The number of carbonyl (C=O) groups excluding carboxylic acids is 1. The van der Waals surface area contributed by atoms with E-state index < -0.39 is 5.91 Å². The first-order chi connectivity index (χ1) is 8.58. The molecule has 0 aliphatic carbocycles. The van der Waals surface area contributed by atoms with E-state index in [-0.39, 0.29) is 16.3 Å². The molecule has 0 fully saturated rings. The lowest BCUT2D eigenvalue weighted by molar-refractivity contribution is 0.102. The molecule has 0 saturated carbocycles. The van der Waals surface area contributed by atoms with Crippen LogP contribution in [-0.2, 0) is 0 Å². The van der Waals surface area contributed by atoms with Gasteiger partial charge in [-0.15, -0.1) is 0 Å². The third kappa shape index (κ3) is 2.69. The molecule has 0 unspecified atom stereocenters. The molecule has 0 radical (unpaired) electrons. The number of hydrogen-bond donors (Lipinski definition) is 2. The van der Waals surface area contributed by atoms with Gasteiger partial charge < -0.3 is 10.3 Å². The minimum atomic E-state index is -0.490. The van der Waals surface area contributed by atoms with Crippen molar-refractivity contribution >= 4 is 34.8 Å². The fourth-order valence-corrected chi connectivity index (χ4v) is 1.60. The summed E-state index contributed by atoms with van der Waals surface area (Å²) in [4.78, 5) is 28.7. The normalized spacial score (nSPS) is 10.1. The molecule has 1 amide bonds. The van der Waals surface area contributed by atoms with E-state index in [9.17, 15) is 9.59 Å². The lowest BCUT2D eigenvalue weighted by Gasteiger charge is -2.07. The van der Waals surface area contributed by atoms with Gasteiger partial charge >= 0.3 is 0 Å². The van der Waals surface area contributed by atoms with Gasteiger partial charge in [0.25, 0.3) is 11.5 Å². The number of aromatic amines is 1. The molecule has 0 saturated heterocycles. The van der Waals surface area contributed by atoms with Crippen molar-refractivity contribution in [2.75, 3.05) is 5.32 Å². The highest BCUT2D eigenvalue weighted by molar-refractivity contribution is 6.44. The highest BCUT2D eigenvalue weighted by Gasteiger charge is 2.11. The zero-order chi connectivity index (χ0) is 13.1. The van der Waals surface area contributed by atoms with Gasteiger partial charge in [-0.2, -0.15) is 0 Å². The van der Waals surface area contributed by atoms with Gasteiger partial charge in [0.15, 0.2) is 0 Å². The van der Waals surface area contributed by atoms with E-state index in [4.69, 9.17) is 23.2 Å². The van der Waals surface area contributed by atoms with Gasteiger partial charge in [-0.3, -0.25) is 9.59 Å². The molecule has 2 rings (SSSR count). The van der Waals surface area contributed by atoms with Crippen molar-refractivity contribution in [3.8, 4) is 0 Å². The molecule has 7 heteroatoms. The average Bonchev–Trinajstić information content (AvgIpc) is 2.36. The maximum Gasteiger partial charge on any atom is 0.275 e. The average molecular weight is 284 g/mol. The fourth-order valence-electron chi connectivity index (χ4n) is 1.25. The predicted molar refractivity (Wildman–Crippen MR) is 69.3 cm³/mol. The van der Waals surface area contributed by atoms with Gasteiger partial charge in [0.1, 0.15) is 5.69 Å². The summed E-state index contributed by atoms with van der Waals surface area (Å²) < 4.78 is 0. The number of hydrogen-bond acceptors (Lipinski definition) is 3. The molecule has 1 aromatic carbocycles. The molecule has 0 spiro atoms. The third-order valence-corrected chi connectivity index (χ3v) is 2.92. The van der Waals surface area contributed by atoms with E-state index in [1.54, 1.807) is 18.2 Å². The zero-order valence-corrected chi connectivity index (χ0v) is 10.4. The first-order valence-corrected chi connectivity index (χ1v) is 5.63. The van der Waals surface area contributed by atoms with E-state index in [0.717, 1.165) is 6.20 Å². The molecule has 0 bridgehead atoms. The van der Waals surface area contributed by atoms with Crippen molar-refractivity contribution in [3.63, 3.8) is 0 Å². The van der Waals surface area contributed by atoms with Crippen LogP contribution in [0.2, 0.25) is 10.0 Å². The molecule has 0 atom stereocenters. The summed E-state index contributed by atoms with van der Waals surface area (Å²) in [5.41, 5.74) is 0.0696. The Kier molecular flexibility index (Phi) is 3.64. The predicted octanol–water partition coefficient (Wildman–Crippen LogP) is 2.33. The standard InChI is InChI=1S/C11H7Cl2N3O2/c12-6-2-1-3-7(10(6)13)16-11(18)8-4-15-9(17)5-14-8/h1-5H,(H,15,17)(H,16,18). The SMILES string of the molecule is O=C(Nc1cccc(Cl)c1Cl)c1c[nH]c(=O)cn1. The van der Waals surface area contributed by atoms with Crippen LogP contribution in [-0.4, -0.2) is 15.9 Å². The number of aromatic nitrogens is 2. The van der Waals surface area contributed by atoms with Crippen LogP contribution in [0.15, 0.2) is 35.4 Å². The second kappa shape index (κ2) is 5.20. The zero-order valence-electron chi connectivity index (χ0n) is 8.91. The van der Waals surface area contributed by atoms with Crippen molar-refractivity contribution < 1.29 is 4.79 Å². The summed E-state index contributed by atoms with van der Waals surface area (Å²) in [7, 11) is 0. The third-order valence-electron chi connectivity index (χ3n) is 2.10. The summed E-state index contributed by atoms with van der Waals surface area (Å²) in [6.07, 6.45) is 2.24.